The first-order valence-electron chi connectivity index (χ1n) is 17.7. The molecule has 4 heterocycles. The van der Waals surface area contributed by atoms with Crippen LogP contribution in [-0.2, 0) is 26.8 Å². The molecule has 1 aromatic heterocycles. The van der Waals surface area contributed by atoms with E-state index in [9.17, 15) is 13.2 Å². The first-order valence-corrected chi connectivity index (χ1v) is 20.6. The maximum Gasteiger partial charge on any atom is 0.304 e. The van der Waals surface area contributed by atoms with Crippen molar-refractivity contribution in [2.75, 3.05) is 40.3 Å². The van der Waals surface area contributed by atoms with Crippen molar-refractivity contribution in [3.8, 4) is 17.0 Å². The van der Waals surface area contributed by atoms with Crippen molar-refractivity contribution < 1.29 is 26.4 Å². The molecule has 1 N–H and O–H groups in total. The first-order chi connectivity index (χ1) is 23.4. The van der Waals surface area contributed by atoms with Crippen LogP contribution in [-0.4, -0.2) is 98.0 Å². The number of sulfonamides is 1. The molecule has 2 unspecified atom stereocenters. The number of fused-ring (bicyclic) bond motifs is 7. The van der Waals surface area contributed by atoms with Gasteiger partial charge in [-0.15, -0.1) is 0 Å². The molecule has 2 saturated carbocycles. The van der Waals surface area contributed by atoms with Gasteiger partial charge in [0.2, 0.25) is 10.0 Å². The molecule has 13 heteroatoms. The Kier molecular flexibility index (Phi) is 7.99. The van der Waals surface area contributed by atoms with Crippen molar-refractivity contribution in [3.05, 3.63) is 53.1 Å². The maximum absolute atomic E-state index is 15.0. The molecule has 3 aromatic rings. The fourth-order valence-electron chi connectivity index (χ4n) is 9.01. The van der Waals surface area contributed by atoms with Gasteiger partial charge in [-0.25, -0.2) is 13.1 Å². The van der Waals surface area contributed by atoms with Crippen LogP contribution in [0.1, 0.15) is 92.1 Å². The number of amides is 1. The molecule has 5 aliphatic rings. The van der Waals surface area contributed by atoms with Gasteiger partial charge >= 0.3 is 10.2 Å². The molecule has 0 radical (unpaired) electrons. The Bertz CT molecular complexity index is 2040. The van der Waals surface area contributed by atoms with Crippen molar-refractivity contribution in [3.63, 3.8) is 0 Å². The van der Waals surface area contributed by atoms with Gasteiger partial charge in [-0.05, 0) is 94.0 Å². The predicted molar refractivity (Wildman–Crippen MR) is 190 cm³/mol. The van der Waals surface area contributed by atoms with Crippen LogP contribution in [0.15, 0.2) is 36.4 Å². The number of benzene rings is 2. The number of carbonyl (C=O) groups is 1. The van der Waals surface area contributed by atoms with Crippen LogP contribution in [0.5, 0.6) is 5.75 Å². The van der Waals surface area contributed by atoms with Crippen molar-refractivity contribution in [2.45, 2.75) is 94.0 Å². The zero-order chi connectivity index (χ0) is 34.5. The Balaban J connectivity index is 1.32. The van der Waals surface area contributed by atoms with E-state index in [2.05, 4.69) is 41.2 Å². The Morgan fingerprint density at radius 2 is 1.63 bits per heavy atom. The molecular formula is C36H47N5O6S2. The standard InChI is InChI=1S/C36H47N5O6S2/c1-23-20-40(21-24(2)38(23)3)48(43,44)36-19-31(36)30-18-27(47-4)12-14-28(30)34-33(25-9-6-5-7-10-25)29-13-11-26(17-32(29)41(34)22-36)35(42)37-49(45,46)39-15-8-16-39/h11-14,17-18,23-25,31H,5-10,15-16,19-22H2,1-4H3,(H,37,42)/t23-,24+,31?,36?. The normalized spacial score (nSPS) is 28.2. The average Bonchev–Trinajstić information content (AvgIpc) is 3.73. The number of piperazine rings is 1. The van der Waals surface area contributed by atoms with E-state index in [0.717, 1.165) is 59.8 Å². The van der Waals surface area contributed by atoms with Crippen LogP contribution in [0.25, 0.3) is 22.2 Å². The summed E-state index contributed by atoms with van der Waals surface area (Å²) in [7, 11) is -4.03. The van der Waals surface area contributed by atoms with Crippen LogP contribution in [0.4, 0.5) is 0 Å². The lowest BCUT2D eigenvalue weighted by Gasteiger charge is -2.43. The van der Waals surface area contributed by atoms with Gasteiger partial charge in [0.05, 0.1) is 12.8 Å². The number of ether oxygens (including phenoxy) is 1. The van der Waals surface area contributed by atoms with Crippen LogP contribution in [0.2, 0.25) is 0 Å². The van der Waals surface area contributed by atoms with E-state index in [1.807, 2.05) is 18.2 Å². The van der Waals surface area contributed by atoms with Crippen molar-refractivity contribution in [1.82, 2.24) is 22.8 Å². The molecule has 2 aromatic carbocycles. The second kappa shape index (κ2) is 11.8. The lowest BCUT2D eigenvalue weighted by Crippen LogP contribution is -2.58. The molecule has 8 rings (SSSR count). The number of aromatic nitrogens is 1. The summed E-state index contributed by atoms with van der Waals surface area (Å²) in [6.45, 7) is 6.07. The van der Waals surface area contributed by atoms with Gasteiger partial charge in [0.25, 0.3) is 5.91 Å². The van der Waals surface area contributed by atoms with E-state index < -0.39 is 30.9 Å². The summed E-state index contributed by atoms with van der Waals surface area (Å²) in [6, 6.07) is 11.7. The molecule has 2 saturated heterocycles. The Labute approximate surface area is 289 Å². The van der Waals surface area contributed by atoms with E-state index in [1.165, 1.54) is 16.3 Å². The second-order valence-electron chi connectivity index (χ2n) is 15.1. The number of hydrogen-bond acceptors (Lipinski definition) is 7. The summed E-state index contributed by atoms with van der Waals surface area (Å²) in [6.07, 6.45) is 6.79. The number of methoxy groups -OCH3 is 1. The average molecular weight is 710 g/mol. The first kappa shape index (κ1) is 33.2. The van der Waals surface area contributed by atoms with Gasteiger partial charge in [-0.2, -0.15) is 17.0 Å². The minimum atomic E-state index is -3.94. The minimum absolute atomic E-state index is 0.0831. The van der Waals surface area contributed by atoms with Gasteiger partial charge < -0.3 is 9.30 Å². The SMILES string of the molecule is COc1ccc2c(c1)C1CC1(S(=O)(=O)N1C[C@@H](C)N(C)[C@@H](C)C1)Cn1c-2c(C2CCCCC2)c2ccc(C(=O)NS(=O)(=O)N3CCC3)cc21. The molecule has 264 valence electrons. The van der Waals surface area contributed by atoms with E-state index in [4.69, 9.17) is 4.74 Å². The van der Waals surface area contributed by atoms with Crippen LogP contribution in [0.3, 0.4) is 0 Å². The van der Waals surface area contributed by atoms with Gasteiger partial charge in [-0.3, -0.25) is 9.69 Å². The third-order valence-electron chi connectivity index (χ3n) is 12.3. The molecule has 11 nitrogen and oxygen atoms in total. The maximum atomic E-state index is 15.0. The number of hydrogen-bond donors (Lipinski definition) is 1. The molecular weight excluding hydrogens is 663 g/mol. The second-order valence-corrected chi connectivity index (χ2v) is 19.0. The van der Waals surface area contributed by atoms with E-state index in [0.29, 0.717) is 38.3 Å². The third-order valence-corrected chi connectivity index (χ3v) is 16.3. The lowest BCUT2D eigenvalue weighted by atomic mass is 9.81. The highest BCUT2D eigenvalue weighted by Crippen LogP contribution is 2.64. The predicted octanol–water partition coefficient (Wildman–Crippen LogP) is 4.64. The van der Waals surface area contributed by atoms with Gasteiger partial charge in [0.1, 0.15) is 10.5 Å². The topological polar surface area (TPSA) is 121 Å². The quantitative estimate of drug-likeness (QED) is 0.380. The highest BCUT2D eigenvalue weighted by Gasteiger charge is 2.68. The third kappa shape index (κ3) is 5.17. The van der Waals surface area contributed by atoms with Crippen LogP contribution in [0, 0.1) is 0 Å². The number of carbonyl (C=O) groups excluding carboxylic acids is 1. The van der Waals surface area contributed by atoms with Gasteiger partial charge in [0, 0.05) is 72.8 Å². The molecule has 2 aliphatic carbocycles. The van der Waals surface area contributed by atoms with E-state index in [1.54, 1.807) is 23.5 Å². The van der Waals surface area contributed by atoms with Crippen molar-refractivity contribution >= 4 is 37.0 Å². The van der Waals surface area contributed by atoms with Crippen LogP contribution >= 0.6 is 0 Å². The zero-order valence-corrected chi connectivity index (χ0v) is 30.4. The number of likely N-dealkylation sites (N-methyl/N-ethyl adjacent to an activating group) is 1. The fraction of sp³-hybridized carbons (Fsp3) is 0.583. The number of nitrogens with zero attached hydrogens (tertiary/aromatic N) is 4. The van der Waals surface area contributed by atoms with Crippen LogP contribution < -0.4 is 9.46 Å². The highest BCUT2D eigenvalue weighted by molar-refractivity contribution is 7.91. The van der Waals surface area contributed by atoms with Gasteiger partial charge in [-0.1, -0.05) is 25.3 Å². The molecule has 0 spiro atoms. The fourth-order valence-corrected chi connectivity index (χ4v) is 12.7. The molecule has 49 heavy (non-hydrogen) atoms. The van der Waals surface area contributed by atoms with Gasteiger partial charge in [0.15, 0.2) is 0 Å². The monoisotopic (exact) mass is 709 g/mol. The Morgan fingerprint density at radius 3 is 2.29 bits per heavy atom. The summed E-state index contributed by atoms with van der Waals surface area (Å²) in [5, 5.41) is 0.999. The molecule has 3 aliphatic heterocycles. The highest BCUT2D eigenvalue weighted by atomic mass is 32.2. The van der Waals surface area contributed by atoms with Crippen molar-refractivity contribution in [1.29, 1.82) is 0 Å². The van der Waals surface area contributed by atoms with Crippen molar-refractivity contribution in [2.24, 2.45) is 0 Å². The Hall–Kier alpha value is -2.97. The Morgan fingerprint density at radius 1 is 0.918 bits per heavy atom. The number of nitrogens with one attached hydrogen (secondary N) is 1. The summed E-state index contributed by atoms with van der Waals surface area (Å²) in [5.41, 5.74) is 5.24. The molecule has 1 amide bonds. The summed E-state index contributed by atoms with van der Waals surface area (Å²) in [4.78, 5) is 15.7. The molecule has 0 bridgehead atoms. The van der Waals surface area contributed by atoms with E-state index >= 15 is 8.42 Å². The number of rotatable bonds is 7. The smallest absolute Gasteiger partial charge is 0.304 e. The summed E-state index contributed by atoms with van der Waals surface area (Å²) >= 11 is 0. The molecule has 4 atom stereocenters. The zero-order valence-electron chi connectivity index (χ0n) is 28.8. The molecule has 4 fully saturated rings. The lowest BCUT2D eigenvalue weighted by molar-refractivity contribution is 0.0977. The summed E-state index contributed by atoms with van der Waals surface area (Å²) in [5.74, 6) is 0.0877. The summed E-state index contributed by atoms with van der Waals surface area (Å²) < 4.78 is 67.8. The minimum Gasteiger partial charge on any atom is -0.497 e. The van der Waals surface area contributed by atoms with E-state index in [-0.39, 0.29) is 36.0 Å². The largest absolute Gasteiger partial charge is 0.497 e.